The Kier molecular flexibility index (Phi) is 9.34. The molecule has 286 valence electrons. The largest absolute Gasteiger partial charge is 0.228 e. The van der Waals surface area contributed by atoms with Crippen LogP contribution >= 0.6 is 11.3 Å². The van der Waals surface area contributed by atoms with E-state index in [4.69, 9.17) is 19.9 Å². The summed E-state index contributed by atoms with van der Waals surface area (Å²) in [5, 5.41) is 2.51. The van der Waals surface area contributed by atoms with Crippen molar-refractivity contribution in [3.05, 3.63) is 218 Å². The first-order valence-corrected chi connectivity index (χ1v) is 21.2. The summed E-state index contributed by atoms with van der Waals surface area (Å²) in [5.74, 6) is 1.41. The van der Waals surface area contributed by atoms with Crippen LogP contribution in [0.2, 0.25) is 0 Å². The van der Waals surface area contributed by atoms with Gasteiger partial charge in [0.2, 0.25) is 0 Å². The van der Waals surface area contributed by atoms with Gasteiger partial charge in [-0.05, 0) is 58.7 Å². The van der Waals surface area contributed by atoms with Crippen molar-refractivity contribution in [1.29, 1.82) is 0 Å². The fraction of sp³-hybridized carbons (Fsp3) is 0. The smallest absolute Gasteiger partial charge is 0.160 e. The third-order valence-electron chi connectivity index (χ3n) is 11.2. The topological polar surface area (TPSA) is 51.6 Å². The minimum atomic E-state index is 0.705. The van der Waals surface area contributed by atoms with Gasteiger partial charge < -0.3 is 0 Å². The van der Waals surface area contributed by atoms with E-state index in [0.717, 1.165) is 67.3 Å². The van der Waals surface area contributed by atoms with Crippen LogP contribution in [0.4, 0.5) is 0 Å². The molecule has 0 aliphatic heterocycles. The monoisotopic (exact) mass is 796 g/mol. The first-order chi connectivity index (χ1) is 30.2. The van der Waals surface area contributed by atoms with Crippen LogP contribution in [0.15, 0.2) is 218 Å². The Balaban J connectivity index is 0.904. The molecule has 11 aromatic rings. The summed E-state index contributed by atoms with van der Waals surface area (Å²) in [5.41, 5.74) is 14.4. The van der Waals surface area contributed by atoms with Crippen LogP contribution in [0, 0.1) is 0 Å². The molecular weight excluding hydrogens is 761 g/mol. The molecule has 0 N–H and O–H groups in total. The van der Waals surface area contributed by atoms with Gasteiger partial charge >= 0.3 is 0 Å². The molecule has 61 heavy (non-hydrogen) atoms. The zero-order chi connectivity index (χ0) is 40.5. The van der Waals surface area contributed by atoms with Crippen molar-refractivity contribution in [2.75, 3.05) is 0 Å². The van der Waals surface area contributed by atoms with E-state index in [1.807, 2.05) is 84.1 Å². The quantitative estimate of drug-likeness (QED) is 0.154. The molecule has 0 saturated carbocycles. The van der Waals surface area contributed by atoms with Crippen LogP contribution < -0.4 is 0 Å². The minimum absolute atomic E-state index is 0.705. The lowest BCUT2D eigenvalue weighted by Crippen LogP contribution is -1.95. The van der Waals surface area contributed by atoms with Crippen LogP contribution in [-0.4, -0.2) is 19.9 Å². The number of hydrogen-bond donors (Lipinski definition) is 0. The van der Waals surface area contributed by atoms with Crippen LogP contribution in [-0.2, 0) is 0 Å². The van der Waals surface area contributed by atoms with Crippen LogP contribution in [0.3, 0.4) is 0 Å². The third-order valence-corrected chi connectivity index (χ3v) is 12.3. The van der Waals surface area contributed by atoms with Crippen LogP contribution in [0.1, 0.15) is 0 Å². The predicted molar refractivity (Wildman–Crippen MR) is 254 cm³/mol. The number of rotatable bonds is 8. The average Bonchev–Trinajstić information content (AvgIpc) is 3.72. The summed E-state index contributed by atoms with van der Waals surface area (Å²) in [6.07, 6.45) is 0. The van der Waals surface area contributed by atoms with Gasteiger partial charge in [0.15, 0.2) is 11.6 Å². The van der Waals surface area contributed by atoms with Crippen molar-refractivity contribution in [1.82, 2.24) is 19.9 Å². The zero-order valence-corrected chi connectivity index (χ0v) is 33.8. The van der Waals surface area contributed by atoms with Gasteiger partial charge in [-0.25, -0.2) is 19.9 Å². The highest BCUT2D eigenvalue weighted by molar-refractivity contribution is 7.25. The highest BCUT2D eigenvalue weighted by Gasteiger charge is 2.14. The van der Waals surface area contributed by atoms with Gasteiger partial charge in [-0.1, -0.05) is 182 Å². The summed E-state index contributed by atoms with van der Waals surface area (Å²) in [4.78, 5) is 20.1. The Hall–Kier alpha value is -7.86. The maximum Gasteiger partial charge on any atom is 0.160 e. The standard InChI is InChI=1S/C56H36N4S/c1-5-13-39(14-6-1)49-35-50(40-15-7-2-8-16-40)58-55(57-49)43-25-21-37(22-26-43)45-29-31-53-47(33-45)48-34-46(30-32-54(48)61-53)38-23-27-44(28-24-38)56-59-51(41-17-9-3-10-18-41)36-52(60-56)42-19-11-4-12-20-42/h1-36H. The Morgan fingerprint density at radius 2 is 0.508 bits per heavy atom. The van der Waals surface area contributed by atoms with Crippen molar-refractivity contribution >= 4 is 31.5 Å². The Morgan fingerprint density at radius 1 is 0.230 bits per heavy atom. The van der Waals surface area contributed by atoms with Gasteiger partial charge in [-0.15, -0.1) is 11.3 Å². The molecule has 11 rings (SSSR count). The first kappa shape index (κ1) is 36.2. The number of nitrogens with zero attached hydrogens (tertiary/aromatic N) is 4. The SMILES string of the molecule is c1ccc(-c2cc(-c3ccccc3)nc(-c3ccc(-c4ccc5sc6ccc(-c7ccc(-c8nc(-c9ccccc9)cc(-c9ccccc9)n8)cc7)cc6c5c4)cc3)n2)cc1. The van der Waals surface area contributed by atoms with E-state index in [1.54, 1.807) is 0 Å². The van der Waals surface area contributed by atoms with Crippen LogP contribution in [0.25, 0.3) is 110 Å². The van der Waals surface area contributed by atoms with Crippen molar-refractivity contribution in [3.8, 4) is 90.1 Å². The molecule has 3 aromatic heterocycles. The Morgan fingerprint density at radius 3 is 0.820 bits per heavy atom. The minimum Gasteiger partial charge on any atom is -0.228 e. The second-order valence-electron chi connectivity index (χ2n) is 15.1. The second kappa shape index (κ2) is 15.7. The van der Waals surface area contributed by atoms with E-state index in [-0.39, 0.29) is 0 Å². The molecule has 5 heteroatoms. The van der Waals surface area contributed by atoms with Gasteiger partial charge in [0, 0.05) is 53.6 Å². The van der Waals surface area contributed by atoms with E-state index >= 15 is 0 Å². The second-order valence-corrected chi connectivity index (χ2v) is 16.2. The molecular formula is C56H36N4S. The molecule has 4 nitrogen and oxygen atoms in total. The molecule has 0 unspecified atom stereocenters. The zero-order valence-electron chi connectivity index (χ0n) is 33.0. The lowest BCUT2D eigenvalue weighted by Gasteiger charge is -2.10. The fourth-order valence-corrected chi connectivity index (χ4v) is 9.01. The molecule has 0 aliphatic carbocycles. The Labute approximate surface area is 358 Å². The maximum absolute atomic E-state index is 5.04. The molecule has 0 amide bonds. The molecule has 3 heterocycles. The first-order valence-electron chi connectivity index (χ1n) is 20.4. The Bertz CT molecular complexity index is 2970. The number of benzene rings is 8. The fourth-order valence-electron chi connectivity index (χ4n) is 7.94. The summed E-state index contributed by atoms with van der Waals surface area (Å²) in [6.45, 7) is 0. The predicted octanol–water partition coefficient (Wildman–Crippen LogP) is 15.0. The van der Waals surface area contributed by atoms with E-state index in [2.05, 4.69) is 146 Å². The summed E-state index contributed by atoms with van der Waals surface area (Å²) >= 11 is 1.83. The molecule has 0 aliphatic rings. The van der Waals surface area contributed by atoms with Gasteiger partial charge in [-0.2, -0.15) is 0 Å². The van der Waals surface area contributed by atoms with Crippen molar-refractivity contribution in [2.45, 2.75) is 0 Å². The summed E-state index contributed by atoms with van der Waals surface area (Å²) < 4.78 is 2.54. The molecule has 0 fully saturated rings. The van der Waals surface area contributed by atoms with E-state index in [1.165, 1.54) is 31.3 Å². The van der Waals surface area contributed by atoms with Gasteiger partial charge in [0.25, 0.3) is 0 Å². The van der Waals surface area contributed by atoms with E-state index in [9.17, 15) is 0 Å². The number of hydrogen-bond acceptors (Lipinski definition) is 5. The van der Waals surface area contributed by atoms with Gasteiger partial charge in [0.05, 0.1) is 22.8 Å². The normalized spacial score (nSPS) is 11.3. The number of aromatic nitrogens is 4. The van der Waals surface area contributed by atoms with Crippen molar-refractivity contribution in [2.24, 2.45) is 0 Å². The van der Waals surface area contributed by atoms with E-state index in [0.29, 0.717) is 11.6 Å². The van der Waals surface area contributed by atoms with E-state index < -0.39 is 0 Å². The molecule has 0 atom stereocenters. The third kappa shape index (κ3) is 7.28. The lowest BCUT2D eigenvalue weighted by molar-refractivity contribution is 1.18. The molecule has 8 aromatic carbocycles. The average molecular weight is 797 g/mol. The number of fused-ring (bicyclic) bond motifs is 3. The van der Waals surface area contributed by atoms with Crippen molar-refractivity contribution < 1.29 is 0 Å². The summed E-state index contributed by atoms with van der Waals surface area (Å²) in [6, 6.07) is 76.3. The lowest BCUT2D eigenvalue weighted by atomic mass is 9.99. The highest BCUT2D eigenvalue weighted by Crippen LogP contribution is 2.39. The molecule has 0 spiro atoms. The molecule has 0 saturated heterocycles. The van der Waals surface area contributed by atoms with Crippen molar-refractivity contribution in [3.63, 3.8) is 0 Å². The molecule has 0 radical (unpaired) electrons. The van der Waals surface area contributed by atoms with Gasteiger partial charge in [0.1, 0.15) is 0 Å². The molecule has 0 bridgehead atoms. The number of thiophene rings is 1. The van der Waals surface area contributed by atoms with Gasteiger partial charge in [-0.3, -0.25) is 0 Å². The highest BCUT2D eigenvalue weighted by atomic mass is 32.1. The summed E-state index contributed by atoms with van der Waals surface area (Å²) in [7, 11) is 0. The van der Waals surface area contributed by atoms with Crippen LogP contribution in [0.5, 0.6) is 0 Å². The maximum atomic E-state index is 5.04.